The lowest BCUT2D eigenvalue weighted by Gasteiger charge is -2.17. The quantitative estimate of drug-likeness (QED) is 0.883. The molecule has 0 atom stereocenters. The Labute approximate surface area is 124 Å². The predicted octanol–water partition coefficient (Wildman–Crippen LogP) is 2.04. The molecule has 1 aromatic carbocycles. The molecule has 112 valence electrons. The van der Waals surface area contributed by atoms with Gasteiger partial charge in [-0.3, -0.25) is 9.89 Å². The fourth-order valence-corrected chi connectivity index (χ4v) is 1.98. The number of H-pyrrole nitrogens is 1. The number of nitrogens with zero attached hydrogens (tertiary/aromatic N) is 3. The summed E-state index contributed by atoms with van der Waals surface area (Å²) in [7, 11) is 1.73. The number of aromatic nitrogens is 3. The summed E-state index contributed by atoms with van der Waals surface area (Å²) in [5.74, 6) is 1.49. The molecule has 1 N–H and O–H groups in total. The molecule has 0 bridgehead atoms. The van der Waals surface area contributed by atoms with Gasteiger partial charge in [0.05, 0.1) is 6.61 Å². The van der Waals surface area contributed by atoms with Crippen molar-refractivity contribution in [2.45, 2.75) is 26.8 Å². The molecule has 0 spiro atoms. The minimum atomic E-state index is -0.211. The van der Waals surface area contributed by atoms with E-state index in [2.05, 4.69) is 15.2 Å². The summed E-state index contributed by atoms with van der Waals surface area (Å²) in [5.41, 5.74) is 0.960. The highest BCUT2D eigenvalue weighted by molar-refractivity contribution is 5.90. The topological polar surface area (TPSA) is 71.1 Å². The van der Waals surface area contributed by atoms with E-state index in [0.717, 1.165) is 17.7 Å². The monoisotopic (exact) mass is 288 g/mol. The molecule has 6 heteroatoms. The first kappa shape index (κ1) is 15.0. The van der Waals surface area contributed by atoms with Gasteiger partial charge in [0.1, 0.15) is 11.6 Å². The van der Waals surface area contributed by atoms with Crippen molar-refractivity contribution < 1.29 is 9.53 Å². The molecule has 2 aromatic rings. The number of nitrogens with one attached hydrogen (secondary N) is 1. The number of amides is 1. The van der Waals surface area contributed by atoms with Crippen LogP contribution in [0, 0.1) is 0 Å². The second-order valence-electron chi connectivity index (χ2n) is 4.66. The van der Waals surface area contributed by atoms with Crippen LogP contribution >= 0.6 is 0 Å². The first-order valence-corrected chi connectivity index (χ1v) is 7.03. The van der Waals surface area contributed by atoms with E-state index in [1.165, 1.54) is 0 Å². The normalized spacial score (nSPS) is 10.4. The average Bonchev–Trinajstić information content (AvgIpc) is 2.97. The predicted molar refractivity (Wildman–Crippen MR) is 79.2 cm³/mol. The maximum atomic E-state index is 12.3. The van der Waals surface area contributed by atoms with Gasteiger partial charge in [-0.05, 0) is 13.0 Å². The van der Waals surface area contributed by atoms with E-state index in [4.69, 9.17) is 4.74 Å². The van der Waals surface area contributed by atoms with Crippen LogP contribution in [0.25, 0.3) is 0 Å². The van der Waals surface area contributed by atoms with Crippen molar-refractivity contribution in [2.24, 2.45) is 0 Å². The van der Waals surface area contributed by atoms with E-state index in [0.29, 0.717) is 19.0 Å². The molecule has 2 rings (SSSR count). The van der Waals surface area contributed by atoms with Crippen LogP contribution < -0.4 is 4.74 Å². The van der Waals surface area contributed by atoms with Gasteiger partial charge in [-0.2, -0.15) is 0 Å². The number of hydrogen-bond donors (Lipinski definition) is 1. The van der Waals surface area contributed by atoms with Crippen LogP contribution in [0.5, 0.6) is 5.75 Å². The Kier molecular flexibility index (Phi) is 4.92. The smallest absolute Gasteiger partial charge is 0.293 e. The van der Waals surface area contributed by atoms with Crippen LogP contribution in [0.1, 0.15) is 35.9 Å². The second-order valence-corrected chi connectivity index (χ2v) is 4.66. The van der Waals surface area contributed by atoms with Gasteiger partial charge in [0.15, 0.2) is 0 Å². The minimum absolute atomic E-state index is 0.197. The van der Waals surface area contributed by atoms with Gasteiger partial charge in [0.25, 0.3) is 5.91 Å². The summed E-state index contributed by atoms with van der Waals surface area (Å²) in [6, 6.07) is 7.70. The number of aromatic amines is 1. The molecule has 1 amide bonds. The number of ether oxygens (including phenoxy) is 1. The van der Waals surface area contributed by atoms with Gasteiger partial charge in [0, 0.05) is 25.6 Å². The first-order valence-electron chi connectivity index (χ1n) is 7.03. The van der Waals surface area contributed by atoms with E-state index in [9.17, 15) is 4.79 Å². The molecule has 0 saturated heterocycles. The van der Waals surface area contributed by atoms with Crippen molar-refractivity contribution in [1.29, 1.82) is 0 Å². The summed E-state index contributed by atoms with van der Waals surface area (Å²) in [6.07, 6.45) is 0.719. The highest BCUT2D eigenvalue weighted by Gasteiger charge is 2.18. The van der Waals surface area contributed by atoms with Crippen molar-refractivity contribution in [3.8, 4) is 5.75 Å². The molecule has 1 aromatic heterocycles. The average molecular weight is 288 g/mol. The number of hydrogen-bond acceptors (Lipinski definition) is 4. The third-order valence-corrected chi connectivity index (χ3v) is 3.08. The molecule has 1 heterocycles. The van der Waals surface area contributed by atoms with Crippen LogP contribution in [0.2, 0.25) is 0 Å². The lowest BCUT2D eigenvalue weighted by atomic mass is 10.2. The summed E-state index contributed by atoms with van der Waals surface area (Å²) >= 11 is 0. The molecule has 0 fully saturated rings. The van der Waals surface area contributed by atoms with Crippen molar-refractivity contribution in [3.05, 3.63) is 41.5 Å². The molecule has 0 aliphatic rings. The van der Waals surface area contributed by atoms with Gasteiger partial charge < -0.3 is 9.64 Å². The molecule has 0 aliphatic carbocycles. The van der Waals surface area contributed by atoms with Crippen molar-refractivity contribution in [2.75, 3.05) is 13.7 Å². The molecule has 21 heavy (non-hydrogen) atoms. The third-order valence-electron chi connectivity index (χ3n) is 3.08. The molecule has 0 radical (unpaired) electrons. The molecule has 0 saturated carbocycles. The Hall–Kier alpha value is -2.37. The van der Waals surface area contributed by atoms with Gasteiger partial charge in [0.2, 0.25) is 5.82 Å². The van der Waals surface area contributed by atoms with E-state index in [1.54, 1.807) is 11.9 Å². The first-order chi connectivity index (χ1) is 10.2. The number of carbonyl (C=O) groups is 1. The zero-order valence-electron chi connectivity index (χ0n) is 12.6. The van der Waals surface area contributed by atoms with E-state index in [1.807, 2.05) is 38.1 Å². The van der Waals surface area contributed by atoms with Gasteiger partial charge in [-0.15, -0.1) is 5.10 Å². The van der Waals surface area contributed by atoms with Gasteiger partial charge >= 0.3 is 0 Å². The Morgan fingerprint density at radius 2 is 2.10 bits per heavy atom. The number of carbonyl (C=O) groups excluding carboxylic acids is 1. The van der Waals surface area contributed by atoms with E-state index >= 15 is 0 Å². The molecule has 0 unspecified atom stereocenters. The van der Waals surface area contributed by atoms with Crippen LogP contribution in [-0.2, 0) is 13.0 Å². The summed E-state index contributed by atoms with van der Waals surface area (Å²) in [4.78, 5) is 18.0. The van der Waals surface area contributed by atoms with Gasteiger partial charge in [-0.1, -0.05) is 25.1 Å². The molecule has 0 aliphatic heterocycles. The third kappa shape index (κ3) is 3.59. The minimum Gasteiger partial charge on any atom is -0.494 e. The Balaban J connectivity index is 2.10. The van der Waals surface area contributed by atoms with Crippen molar-refractivity contribution in [3.63, 3.8) is 0 Å². The van der Waals surface area contributed by atoms with Crippen molar-refractivity contribution >= 4 is 5.91 Å². The van der Waals surface area contributed by atoms with E-state index in [-0.39, 0.29) is 11.7 Å². The lowest BCUT2D eigenvalue weighted by molar-refractivity contribution is 0.0772. The summed E-state index contributed by atoms with van der Waals surface area (Å²) < 4.78 is 5.57. The second kappa shape index (κ2) is 6.88. The number of para-hydroxylation sites is 1. The van der Waals surface area contributed by atoms with Gasteiger partial charge in [-0.25, -0.2) is 4.98 Å². The van der Waals surface area contributed by atoms with Crippen molar-refractivity contribution in [1.82, 2.24) is 20.1 Å². The Bertz CT molecular complexity index is 609. The highest BCUT2D eigenvalue weighted by atomic mass is 16.5. The Morgan fingerprint density at radius 1 is 1.33 bits per heavy atom. The molecular formula is C15H20N4O2. The number of benzene rings is 1. The van der Waals surface area contributed by atoms with Crippen LogP contribution in [0.4, 0.5) is 0 Å². The zero-order valence-corrected chi connectivity index (χ0v) is 12.6. The number of rotatable bonds is 6. The maximum Gasteiger partial charge on any atom is 0.293 e. The zero-order chi connectivity index (χ0) is 15.2. The lowest BCUT2D eigenvalue weighted by Crippen LogP contribution is -2.27. The SMILES string of the molecule is CCOc1ccccc1CN(C)C(=O)c1n[nH]c(CC)n1. The standard InChI is InChI=1S/C15H20N4O2/c1-4-13-16-14(18-17-13)15(20)19(3)10-11-8-6-7-9-12(11)21-5-2/h6-9H,4-5,10H2,1-3H3,(H,16,17,18). The Morgan fingerprint density at radius 3 is 2.76 bits per heavy atom. The maximum absolute atomic E-state index is 12.3. The summed E-state index contributed by atoms with van der Waals surface area (Å²) in [6.45, 7) is 4.93. The van der Waals surface area contributed by atoms with Crippen LogP contribution in [0.15, 0.2) is 24.3 Å². The fourth-order valence-electron chi connectivity index (χ4n) is 1.98. The summed E-state index contributed by atoms with van der Waals surface area (Å²) in [5, 5.41) is 6.70. The van der Waals surface area contributed by atoms with Crippen LogP contribution in [-0.4, -0.2) is 39.6 Å². The fraction of sp³-hybridized carbons (Fsp3) is 0.400. The largest absolute Gasteiger partial charge is 0.494 e. The van der Waals surface area contributed by atoms with E-state index < -0.39 is 0 Å². The highest BCUT2D eigenvalue weighted by Crippen LogP contribution is 2.19. The number of aryl methyl sites for hydroxylation is 1. The molecule has 6 nitrogen and oxygen atoms in total. The molecular weight excluding hydrogens is 268 g/mol. The van der Waals surface area contributed by atoms with Crippen LogP contribution in [0.3, 0.4) is 0 Å².